The topological polar surface area (TPSA) is 124 Å². The molecule has 0 aliphatic rings. The number of hydrogen-bond acceptors (Lipinski definition) is 7. The van der Waals surface area contributed by atoms with Crippen LogP contribution in [0.15, 0.2) is 42.5 Å². The number of fused-ring (bicyclic) bond motifs is 1. The molecule has 2 aromatic carbocycles. The van der Waals surface area contributed by atoms with Gasteiger partial charge in [0.25, 0.3) is 11.6 Å². The normalized spacial score (nSPS) is 10.5. The number of carbonyl (C=O) groups excluding carboxylic acids is 2. The van der Waals surface area contributed by atoms with Crippen molar-refractivity contribution in [2.75, 3.05) is 27.9 Å². The van der Waals surface area contributed by atoms with Crippen LogP contribution in [0.4, 0.5) is 5.69 Å². The average Bonchev–Trinajstić information content (AvgIpc) is 3.21. The monoisotopic (exact) mass is 427 g/mol. The van der Waals surface area contributed by atoms with E-state index >= 15 is 0 Å². The Morgan fingerprint density at radius 3 is 2.32 bits per heavy atom. The molecule has 31 heavy (non-hydrogen) atoms. The van der Waals surface area contributed by atoms with Gasteiger partial charge in [0.1, 0.15) is 29.3 Å². The van der Waals surface area contributed by atoms with Gasteiger partial charge in [0.05, 0.1) is 26.3 Å². The number of ether oxygens (including phenoxy) is 3. The van der Waals surface area contributed by atoms with Gasteiger partial charge in [-0.25, -0.2) is 0 Å². The summed E-state index contributed by atoms with van der Waals surface area (Å²) in [5, 5.41) is 11.8. The molecular weight excluding hydrogens is 406 g/mol. The van der Waals surface area contributed by atoms with Crippen LogP contribution in [-0.4, -0.2) is 54.6 Å². The Morgan fingerprint density at radius 1 is 1.06 bits per heavy atom. The van der Waals surface area contributed by atoms with Gasteiger partial charge in [0.15, 0.2) is 0 Å². The molecule has 1 aromatic heterocycles. The molecule has 0 saturated heterocycles. The van der Waals surface area contributed by atoms with Gasteiger partial charge in [-0.2, -0.15) is 0 Å². The molecule has 0 saturated carbocycles. The van der Waals surface area contributed by atoms with Gasteiger partial charge < -0.3 is 24.1 Å². The molecule has 10 nitrogen and oxygen atoms in total. The molecule has 10 heteroatoms. The smallest absolute Gasteiger partial charge is 0.325 e. The first kappa shape index (κ1) is 21.6. The third-order valence-electron chi connectivity index (χ3n) is 4.68. The second kappa shape index (κ2) is 9.16. The fourth-order valence-corrected chi connectivity index (χ4v) is 3.18. The second-order valence-electron chi connectivity index (χ2n) is 6.64. The zero-order chi connectivity index (χ0) is 22.5. The van der Waals surface area contributed by atoms with E-state index in [2.05, 4.69) is 4.98 Å². The lowest BCUT2D eigenvalue weighted by Crippen LogP contribution is -2.36. The van der Waals surface area contributed by atoms with Crippen molar-refractivity contribution in [3.63, 3.8) is 0 Å². The summed E-state index contributed by atoms with van der Waals surface area (Å²) in [7, 11) is 4.24. The quantitative estimate of drug-likeness (QED) is 0.333. The number of nitro groups is 1. The van der Waals surface area contributed by atoms with Crippen LogP contribution in [0, 0.1) is 10.1 Å². The zero-order valence-electron chi connectivity index (χ0n) is 17.2. The molecule has 162 valence electrons. The molecule has 0 aliphatic heterocycles. The van der Waals surface area contributed by atoms with Crippen LogP contribution in [0.2, 0.25) is 0 Å². The van der Waals surface area contributed by atoms with E-state index in [4.69, 9.17) is 14.2 Å². The van der Waals surface area contributed by atoms with Crippen LogP contribution >= 0.6 is 0 Å². The lowest BCUT2D eigenvalue weighted by atomic mass is 10.1. The molecule has 1 amide bonds. The third-order valence-corrected chi connectivity index (χ3v) is 4.68. The fourth-order valence-electron chi connectivity index (χ4n) is 3.18. The zero-order valence-corrected chi connectivity index (χ0v) is 17.2. The number of non-ortho nitro benzene ring substituents is 1. The molecule has 0 aliphatic carbocycles. The summed E-state index contributed by atoms with van der Waals surface area (Å²) < 4.78 is 15.2. The van der Waals surface area contributed by atoms with E-state index < -0.39 is 16.8 Å². The van der Waals surface area contributed by atoms with Gasteiger partial charge >= 0.3 is 5.97 Å². The van der Waals surface area contributed by atoms with Crippen LogP contribution in [0.1, 0.15) is 16.1 Å². The minimum absolute atomic E-state index is 0.0545. The number of esters is 1. The maximum atomic E-state index is 13.2. The number of carbonyl (C=O) groups is 2. The van der Waals surface area contributed by atoms with E-state index in [1.807, 2.05) is 0 Å². The molecule has 0 radical (unpaired) electrons. The van der Waals surface area contributed by atoms with Crippen molar-refractivity contribution in [1.29, 1.82) is 0 Å². The lowest BCUT2D eigenvalue weighted by molar-refractivity contribution is -0.383. The van der Waals surface area contributed by atoms with Crippen LogP contribution in [0.25, 0.3) is 10.9 Å². The van der Waals surface area contributed by atoms with Crippen molar-refractivity contribution in [3.05, 3.63) is 63.8 Å². The average molecular weight is 427 g/mol. The van der Waals surface area contributed by atoms with E-state index in [1.54, 1.807) is 24.3 Å². The Balaban J connectivity index is 1.98. The number of benzene rings is 2. The molecule has 0 unspecified atom stereocenters. The summed E-state index contributed by atoms with van der Waals surface area (Å²) in [6, 6.07) is 11.2. The first-order chi connectivity index (χ1) is 14.9. The van der Waals surface area contributed by atoms with Crippen LogP contribution < -0.4 is 9.47 Å². The first-order valence-corrected chi connectivity index (χ1v) is 9.20. The summed E-state index contributed by atoms with van der Waals surface area (Å²) in [6.07, 6.45) is 0. The summed E-state index contributed by atoms with van der Waals surface area (Å²) in [5.41, 5.74) is 0.865. The minimum atomic E-state index is -0.606. The Hall–Kier alpha value is -4.08. The molecule has 3 aromatic rings. The van der Waals surface area contributed by atoms with Crippen molar-refractivity contribution in [2.45, 2.75) is 6.54 Å². The maximum absolute atomic E-state index is 13.2. The van der Waals surface area contributed by atoms with Gasteiger partial charge in [0, 0.05) is 24.1 Å². The van der Waals surface area contributed by atoms with E-state index in [-0.39, 0.29) is 30.0 Å². The Labute approximate surface area is 177 Å². The van der Waals surface area contributed by atoms with Crippen molar-refractivity contribution in [1.82, 2.24) is 9.88 Å². The predicted molar refractivity (Wildman–Crippen MR) is 111 cm³/mol. The number of aromatic amines is 1. The van der Waals surface area contributed by atoms with Crippen LogP contribution in [0.5, 0.6) is 11.5 Å². The summed E-state index contributed by atoms with van der Waals surface area (Å²) >= 11 is 0. The predicted octanol–water partition coefficient (Wildman–Crippen LogP) is 2.91. The molecule has 1 heterocycles. The summed E-state index contributed by atoms with van der Waals surface area (Å²) in [6.45, 7) is -0.259. The summed E-state index contributed by atoms with van der Waals surface area (Å²) in [5.74, 6) is -0.0647. The van der Waals surface area contributed by atoms with E-state index in [0.29, 0.717) is 22.4 Å². The Morgan fingerprint density at radius 2 is 1.74 bits per heavy atom. The number of aromatic nitrogens is 1. The molecule has 3 rings (SSSR count). The molecule has 0 fully saturated rings. The van der Waals surface area contributed by atoms with E-state index in [1.165, 1.54) is 44.4 Å². The number of methoxy groups -OCH3 is 3. The number of nitrogens with zero attached hydrogens (tertiary/aromatic N) is 2. The largest absolute Gasteiger partial charge is 0.497 e. The minimum Gasteiger partial charge on any atom is -0.497 e. The highest BCUT2D eigenvalue weighted by molar-refractivity contribution is 6.01. The van der Waals surface area contributed by atoms with Crippen molar-refractivity contribution < 1.29 is 28.7 Å². The maximum Gasteiger partial charge on any atom is 0.325 e. The van der Waals surface area contributed by atoms with Gasteiger partial charge in [-0.15, -0.1) is 0 Å². The standard InChI is InChI=1S/C21H21N3O7/c1-29-15-7-13(8-16(10-15)30-2)11-23(12-19(25)31-3)21(26)17-9-14-5-4-6-18(24(27)28)20(14)22-17/h4-10,22H,11-12H2,1-3H3. The van der Waals surface area contributed by atoms with Crippen molar-refractivity contribution >= 4 is 28.5 Å². The van der Waals surface area contributed by atoms with Gasteiger partial charge in [-0.3, -0.25) is 19.7 Å². The summed E-state index contributed by atoms with van der Waals surface area (Å²) in [4.78, 5) is 40.0. The number of nitro benzene ring substituents is 1. The lowest BCUT2D eigenvalue weighted by Gasteiger charge is -2.21. The number of rotatable bonds is 8. The van der Waals surface area contributed by atoms with Crippen molar-refractivity contribution in [3.8, 4) is 11.5 Å². The number of amides is 1. The first-order valence-electron chi connectivity index (χ1n) is 9.20. The highest BCUT2D eigenvalue weighted by Crippen LogP contribution is 2.27. The van der Waals surface area contributed by atoms with Gasteiger partial charge in [-0.1, -0.05) is 12.1 Å². The Bertz CT molecular complexity index is 1120. The van der Waals surface area contributed by atoms with Crippen LogP contribution in [-0.2, 0) is 16.1 Å². The molecule has 0 bridgehead atoms. The molecular formula is C21H21N3O7. The number of nitrogens with one attached hydrogen (secondary N) is 1. The highest BCUT2D eigenvalue weighted by atomic mass is 16.6. The van der Waals surface area contributed by atoms with Crippen LogP contribution in [0.3, 0.4) is 0 Å². The van der Waals surface area contributed by atoms with Gasteiger partial charge in [-0.05, 0) is 23.8 Å². The fraction of sp³-hybridized carbons (Fsp3) is 0.238. The number of hydrogen-bond donors (Lipinski definition) is 1. The number of para-hydroxylation sites is 1. The Kier molecular flexibility index (Phi) is 6.39. The van der Waals surface area contributed by atoms with Crippen molar-refractivity contribution in [2.24, 2.45) is 0 Å². The van der Waals surface area contributed by atoms with Gasteiger partial charge in [0.2, 0.25) is 0 Å². The number of H-pyrrole nitrogens is 1. The SMILES string of the molecule is COC(=O)CN(Cc1cc(OC)cc(OC)c1)C(=O)c1cc2cccc([N+](=O)[O-])c2[nH]1. The third kappa shape index (κ3) is 4.74. The van der Waals surface area contributed by atoms with E-state index in [9.17, 15) is 19.7 Å². The molecule has 1 N–H and O–H groups in total. The second-order valence-corrected chi connectivity index (χ2v) is 6.64. The highest BCUT2D eigenvalue weighted by Gasteiger charge is 2.24. The van der Waals surface area contributed by atoms with E-state index in [0.717, 1.165) is 0 Å². The molecule has 0 atom stereocenters. The molecule has 0 spiro atoms.